The molecule has 0 spiro atoms. The number of hydrogen-bond donors (Lipinski definition) is 1. The van der Waals surface area contributed by atoms with Crippen molar-refractivity contribution in [3.8, 4) is 0 Å². The molecule has 0 atom stereocenters. The summed E-state index contributed by atoms with van der Waals surface area (Å²) in [5.74, 6) is 0.989. The van der Waals surface area contributed by atoms with E-state index in [1.807, 2.05) is 11.3 Å². The second-order valence-electron chi connectivity index (χ2n) is 4.93. The predicted molar refractivity (Wildman–Crippen MR) is 82.4 cm³/mol. The van der Waals surface area contributed by atoms with Crippen LogP contribution >= 0.6 is 24.0 Å². The van der Waals surface area contributed by atoms with Gasteiger partial charge in [0.25, 0.3) is 0 Å². The quantitative estimate of drug-likeness (QED) is 0.701. The lowest BCUT2D eigenvalue weighted by Gasteiger charge is -2.34. The van der Waals surface area contributed by atoms with E-state index in [2.05, 4.69) is 55.9 Å². The Balaban J connectivity index is 2.39. The lowest BCUT2D eigenvalue weighted by Crippen LogP contribution is -2.37. The summed E-state index contributed by atoms with van der Waals surface area (Å²) < 4.78 is 0. The van der Waals surface area contributed by atoms with E-state index in [1.54, 1.807) is 0 Å². The molecular formula is C14H25NS2. The van der Waals surface area contributed by atoms with Gasteiger partial charge in [0.2, 0.25) is 0 Å². The van der Waals surface area contributed by atoms with Gasteiger partial charge in [0.1, 0.15) is 0 Å². The minimum atomic E-state index is 0.396. The zero-order chi connectivity index (χ0) is 12.7. The van der Waals surface area contributed by atoms with E-state index in [0.717, 1.165) is 18.8 Å². The van der Waals surface area contributed by atoms with Crippen LogP contribution in [0.4, 0.5) is 0 Å². The molecule has 1 aromatic heterocycles. The van der Waals surface area contributed by atoms with E-state index in [4.69, 9.17) is 0 Å². The maximum absolute atomic E-state index is 4.54. The zero-order valence-electron chi connectivity index (χ0n) is 11.3. The molecule has 1 heterocycles. The van der Waals surface area contributed by atoms with Crippen molar-refractivity contribution in [2.45, 2.75) is 33.1 Å². The summed E-state index contributed by atoms with van der Waals surface area (Å²) in [4.78, 5) is 3.95. The smallest absolute Gasteiger partial charge is 0.00579 e. The molecule has 0 aliphatic carbocycles. The fourth-order valence-corrected chi connectivity index (χ4v) is 3.40. The van der Waals surface area contributed by atoms with Crippen molar-refractivity contribution in [1.82, 2.24) is 4.90 Å². The van der Waals surface area contributed by atoms with Crippen LogP contribution < -0.4 is 0 Å². The first-order chi connectivity index (χ1) is 8.15. The van der Waals surface area contributed by atoms with Crippen LogP contribution in [-0.4, -0.2) is 30.8 Å². The SMILES string of the molecule is CCC(CC)(CS)CN(C)CCc1cccs1. The molecule has 0 aromatic carbocycles. The van der Waals surface area contributed by atoms with Gasteiger partial charge < -0.3 is 4.90 Å². The number of rotatable bonds is 8. The van der Waals surface area contributed by atoms with Crippen molar-refractivity contribution in [3.63, 3.8) is 0 Å². The Kier molecular flexibility index (Phi) is 6.60. The lowest BCUT2D eigenvalue weighted by atomic mass is 9.84. The summed E-state index contributed by atoms with van der Waals surface area (Å²) in [5.41, 5.74) is 0.396. The second kappa shape index (κ2) is 7.45. The van der Waals surface area contributed by atoms with E-state index in [-0.39, 0.29) is 0 Å². The zero-order valence-corrected chi connectivity index (χ0v) is 13.0. The molecule has 1 rings (SSSR count). The van der Waals surface area contributed by atoms with Crippen LogP contribution in [0.3, 0.4) is 0 Å². The van der Waals surface area contributed by atoms with Crippen LogP contribution in [0.25, 0.3) is 0 Å². The van der Waals surface area contributed by atoms with Crippen molar-refractivity contribution in [3.05, 3.63) is 22.4 Å². The first-order valence-electron chi connectivity index (χ1n) is 6.47. The minimum absolute atomic E-state index is 0.396. The minimum Gasteiger partial charge on any atom is -0.305 e. The van der Waals surface area contributed by atoms with Crippen molar-refractivity contribution in [2.75, 3.05) is 25.9 Å². The Morgan fingerprint density at radius 3 is 2.53 bits per heavy atom. The standard InChI is InChI=1S/C14H25NS2/c1-4-14(5-2,12-16)11-15(3)9-8-13-7-6-10-17-13/h6-7,10,16H,4-5,8-9,11-12H2,1-3H3. The molecule has 1 nitrogen and oxygen atoms in total. The molecule has 0 saturated carbocycles. The Morgan fingerprint density at radius 1 is 1.35 bits per heavy atom. The number of thiol groups is 1. The summed E-state index contributed by atoms with van der Waals surface area (Å²) in [6.45, 7) is 6.88. The molecule has 0 radical (unpaired) electrons. The van der Waals surface area contributed by atoms with Crippen LogP contribution in [0.5, 0.6) is 0 Å². The van der Waals surface area contributed by atoms with Crippen molar-refractivity contribution in [2.24, 2.45) is 5.41 Å². The number of hydrogen-bond acceptors (Lipinski definition) is 3. The fraction of sp³-hybridized carbons (Fsp3) is 0.714. The largest absolute Gasteiger partial charge is 0.305 e. The molecule has 0 amide bonds. The summed E-state index contributed by atoms with van der Waals surface area (Å²) in [6, 6.07) is 4.36. The molecule has 0 aliphatic heterocycles. The third kappa shape index (κ3) is 4.65. The van der Waals surface area contributed by atoms with Gasteiger partial charge in [-0.3, -0.25) is 0 Å². The summed E-state index contributed by atoms with van der Waals surface area (Å²) in [6.07, 6.45) is 3.61. The van der Waals surface area contributed by atoms with Gasteiger partial charge in [0.15, 0.2) is 0 Å². The van der Waals surface area contributed by atoms with Crippen LogP contribution in [0.2, 0.25) is 0 Å². The second-order valence-corrected chi connectivity index (χ2v) is 6.28. The number of likely N-dealkylation sites (N-methyl/N-ethyl adjacent to an activating group) is 1. The molecular weight excluding hydrogens is 246 g/mol. The highest BCUT2D eigenvalue weighted by Crippen LogP contribution is 2.28. The van der Waals surface area contributed by atoms with Gasteiger partial charge in [-0.2, -0.15) is 12.6 Å². The normalized spacial score (nSPS) is 12.3. The van der Waals surface area contributed by atoms with Crippen LogP contribution in [0.15, 0.2) is 17.5 Å². The van der Waals surface area contributed by atoms with E-state index in [1.165, 1.54) is 24.1 Å². The van der Waals surface area contributed by atoms with Gasteiger partial charge in [-0.05, 0) is 48.9 Å². The van der Waals surface area contributed by atoms with Crippen LogP contribution in [0, 0.1) is 5.41 Å². The monoisotopic (exact) mass is 271 g/mol. The third-order valence-electron chi connectivity index (χ3n) is 3.76. The average molecular weight is 271 g/mol. The van der Waals surface area contributed by atoms with Gasteiger partial charge in [-0.1, -0.05) is 19.9 Å². The molecule has 0 aliphatic rings. The van der Waals surface area contributed by atoms with Gasteiger partial charge in [-0.15, -0.1) is 11.3 Å². The summed E-state index contributed by atoms with van der Waals surface area (Å²) in [5, 5.41) is 2.16. The summed E-state index contributed by atoms with van der Waals surface area (Å²) in [7, 11) is 2.23. The topological polar surface area (TPSA) is 3.24 Å². The van der Waals surface area contributed by atoms with Gasteiger partial charge in [0.05, 0.1) is 0 Å². The number of thiophene rings is 1. The van der Waals surface area contributed by atoms with E-state index >= 15 is 0 Å². The van der Waals surface area contributed by atoms with Crippen molar-refractivity contribution >= 4 is 24.0 Å². The Morgan fingerprint density at radius 2 is 2.06 bits per heavy atom. The molecule has 0 fully saturated rings. The molecule has 0 bridgehead atoms. The summed E-state index contributed by atoms with van der Waals surface area (Å²) >= 11 is 6.40. The molecule has 17 heavy (non-hydrogen) atoms. The predicted octanol–water partition coefficient (Wildman–Crippen LogP) is 3.96. The first-order valence-corrected chi connectivity index (χ1v) is 7.99. The van der Waals surface area contributed by atoms with E-state index in [0.29, 0.717) is 5.41 Å². The molecule has 0 N–H and O–H groups in total. The van der Waals surface area contributed by atoms with Crippen molar-refractivity contribution in [1.29, 1.82) is 0 Å². The molecule has 98 valence electrons. The maximum atomic E-state index is 4.54. The van der Waals surface area contributed by atoms with Crippen LogP contribution in [0.1, 0.15) is 31.6 Å². The first kappa shape index (κ1) is 15.1. The van der Waals surface area contributed by atoms with E-state index < -0.39 is 0 Å². The molecule has 0 saturated heterocycles. The Bertz CT molecular complexity index is 283. The number of nitrogens with zero attached hydrogens (tertiary/aromatic N) is 1. The average Bonchev–Trinajstić information content (AvgIpc) is 2.87. The maximum Gasteiger partial charge on any atom is 0.00579 e. The van der Waals surface area contributed by atoms with Gasteiger partial charge in [0, 0.05) is 18.0 Å². The highest BCUT2D eigenvalue weighted by atomic mass is 32.1. The Hall–Kier alpha value is 0.01000. The third-order valence-corrected chi connectivity index (χ3v) is 5.37. The fourth-order valence-electron chi connectivity index (χ4n) is 2.15. The highest BCUT2D eigenvalue weighted by molar-refractivity contribution is 7.80. The Labute approximate surface area is 116 Å². The highest BCUT2D eigenvalue weighted by Gasteiger charge is 2.25. The van der Waals surface area contributed by atoms with Gasteiger partial charge >= 0.3 is 0 Å². The molecule has 3 heteroatoms. The molecule has 1 aromatic rings. The van der Waals surface area contributed by atoms with Crippen molar-refractivity contribution < 1.29 is 0 Å². The van der Waals surface area contributed by atoms with Gasteiger partial charge in [-0.25, -0.2) is 0 Å². The van der Waals surface area contributed by atoms with E-state index in [9.17, 15) is 0 Å². The van der Waals surface area contributed by atoms with Crippen LogP contribution in [-0.2, 0) is 6.42 Å². The molecule has 0 unspecified atom stereocenters. The lowest BCUT2D eigenvalue weighted by molar-refractivity contribution is 0.186.